The summed E-state index contributed by atoms with van der Waals surface area (Å²) in [5.74, 6) is 0.356. The quantitative estimate of drug-likeness (QED) is 0.845. The smallest absolute Gasteiger partial charge is 0.408 e. The highest BCUT2D eigenvalue weighted by Crippen LogP contribution is 2.25. The number of benzene rings is 1. The number of aromatic nitrogens is 1. The molecule has 0 saturated carbocycles. The van der Waals surface area contributed by atoms with Gasteiger partial charge in [0.25, 0.3) is 0 Å². The zero-order valence-electron chi connectivity index (χ0n) is 13.5. The molecule has 2 rings (SSSR count). The summed E-state index contributed by atoms with van der Waals surface area (Å²) in [6, 6.07) is 6.44. The molecule has 0 fully saturated rings. The first-order valence-electron chi connectivity index (χ1n) is 7.93. The lowest BCUT2D eigenvalue weighted by atomic mass is 9.97. The van der Waals surface area contributed by atoms with Gasteiger partial charge in [-0.1, -0.05) is 33.8 Å². The second kappa shape index (κ2) is 6.94. The predicted octanol–water partition coefficient (Wildman–Crippen LogP) is 3.70. The number of hydrogen-bond acceptors (Lipinski definition) is 3. The molecule has 1 N–H and O–H groups in total. The number of nitrogens with zero attached hydrogens (tertiary/aromatic N) is 1. The molecule has 0 aliphatic rings. The van der Waals surface area contributed by atoms with Crippen LogP contribution in [0.4, 0.5) is 0 Å². The molecular formula is C17H26N2O2. The summed E-state index contributed by atoms with van der Waals surface area (Å²) in [6.45, 7) is 10.2. The summed E-state index contributed by atoms with van der Waals surface area (Å²) in [4.78, 5) is 11.9. The van der Waals surface area contributed by atoms with E-state index in [2.05, 4.69) is 39.1 Å². The third-order valence-corrected chi connectivity index (χ3v) is 3.70. The molecule has 1 atom stereocenters. The fourth-order valence-corrected chi connectivity index (χ4v) is 2.79. The molecule has 0 spiro atoms. The summed E-state index contributed by atoms with van der Waals surface area (Å²) in [5, 5.41) is 3.51. The van der Waals surface area contributed by atoms with Gasteiger partial charge in [0.05, 0.1) is 5.52 Å². The van der Waals surface area contributed by atoms with Crippen molar-refractivity contribution in [2.75, 3.05) is 6.54 Å². The number of aryl methyl sites for hydroxylation is 1. The molecule has 1 unspecified atom stereocenters. The van der Waals surface area contributed by atoms with E-state index in [4.69, 9.17) is 4.42 Å². The van der Waals surface area contributed by atoms with Crippen LogP contribution in [0.15, 0.2) is 27.4 Å². The summed E-state index contributed by atoms with van der Waals surface area (Å²) in [6.07, 6.45) is 1.99. The Morgan fingerprint density at radius 3 is 2.67 bits per heavy atom. The standard InChI is InChI=1S/C17H26N2O2/c1-5-9-19-15-8-7-13(11-16(15)21-17(19)20)14(18-6-2)10-12(3)4/h7-8,11-12,14,18H,5-6,9-10H2,1-4H3. The second-order valence-corrected chi connectivity index (χ2v) is 5.99. The van der Waals surface area contributed by atoms with E-state index in [1.165, 1.54) is 5.56 Å². The van der Waals surface area contributed by atoms with Gasteiger partial charge < -0.3 is 9.73 Å². The molecule has 0 saturated heterocycles. The van der Waals surface area contributed by atoms with E-state index in [0.29, 0.717) is 24.1 Å². The van der Waals surface area contributed by atoms with Crippen molar-refractivity contribution in [2.45, 2.75) is 53.1 Å². The largest absolute Gasteiger partial charge is 0.419 e. The molecular weight excluding hydrogens is 264 g/mol. The minimum Gasteiger partial charge on any atom is -0.408 e. The van der Waals surface area contributed by atoms with Gasteiger partial charge in [0.1, 0.15) is 0 Å². The Labute approximate surface area is 126 Å². The highest BCUT2D eigenvalue weighted by atomic mass is 16.4. The average molecular weight is 290 g/mol. The van der Waals surface area contributed by atoms with Gasteiger partial charge in [0.2, 0.25) is 0 Å². The van der Waals surface area contributed by atoms with Gasteiger partial charge in [0.15, 0.2) is 5.58 Å². The van der Waals surface area contributed by atoms with E-state index in [0.717, 1.165) is 24.9 Å². The molecule has 1 heterocycles. The van der Waals surface area contributed by atoms with Crippen molar-refractivity contribution in [3.8, 4) is 0 Å². The fourth-order valence-electron chi connectivity index (χ4n) is 2.79. The highest BCUT2D eigenvalue weighted by molar-refractivity contribution is 5.74. The molecule has 0 amide bonds. The van der Waals surface area contributed by atoms with Gasteiger partial charge in [-0.05, 0) is 43.0 Å². The van der Waals surface area contributed by atoms with Crippen LogP contribution in [0.2, 0.25) is 0 Å². The molecule has 1 aromatic heterocycles. The van der Waals surface area contributed by atoms with Crippen molar-refractivity contribution in [3.63, 3.8) is 0 Å². The highest BCUT2D eigenvalue weighted by Gasteiger charge is 2.15. The third kappa shape index (κ3) is 3.56. The van der Waals surface area contributed by atoms with Crippen LogP contribution in [-0.2, 0) is 6.54 Å². The zero-order chi connectivity index (χ0) is 15.4. The molecule has 0 aliphatic carbocycles. The molecule has 4 nitrogen and oxygen atoms in total. The Balaban J connectivity index is 2.39. The summed E-state index contributed by atoms with van der Waals surface area (Å²) in [7, 11) is 0. The van der Waals surface area contributed by atoms with Gasteiger partial charge in [-0.3, -0.25) is 4.57 Å². The number of rotatable bonds is 7. The minimum absolute atomic E-state index is 0.257. The molecule has 21 heavy (non-hydrogen) atoms. The maximum absolute atomic E-state index is 11.9. The molecule has 4 heteroatoms. The topological polar surface area (TPSA) is 47.2 Å². The van der Waals surface area contributed by atoms with Gasteiger partial charge in [0, 0.05) is 12.6 Å². The Bertz CT molecular complexity index is 640. The van der Waals surface area contributed by atoms with Crippen molar-refractivity contribution in [3.05, 3.63) is 34.3 Å². The summed E-state index contributed by atoms with van der Waals surface area (Å²) >= 11 is 0. The van der Waals surface area contributed by atoms with Crippen LogP contribution >= 0.6 is 0 Å². The maximum atomic E-state index is 11.9. The van der Waals surface area contributed by atoms with Crippen molar-refractivity contribution in [1.29, 1.82) is 0 Å². The van der Waals surface area contributed by atoms with Crippen molar-refractivity contribution in [2.24, 2.45) is 5.92 Å². The molecule has 0 radical (unpaired) electrons. The Morgan fingerprint density at radius 1 is 1.29 bits per heavy atom. The predicted molar refractivity (Wildman–Crippen MR) is 86.6 cm³/mol. The molecule has 2 aromatic rings. The van der Waals surface area contributed by atoms with Crippen LogP contribution in [-0.4, -0.2) is 11.1 Å². The first kappa shape index (κ1) is 15.8. The molecule has 0 aliphatic heterocycles. The third-order valence-electron chi connectivity index (χ3n) is 3.70. The van der Waals surface area contributed by atoms with E-state index < -0.39 is 0 Å². The summed E-state index contributed by atoms with van der Waals surface area (Å²) < 4.78 is 7.12. The molecule has 1 aromatic carbocycles. The normalized spacial score (nSPS) is 13.2. The van der Waals surface area contributed by atoms with Crippen LogP contribution in [0.25, 0.3) is 11.1 Å². The Morgan fingerprint density at radius 2 is 2.05 bits per heavy atom. The van der Waals surface area contributed by atoms with Crippen LogP contribution in [0, 0.1) is 5.92 Å². The lowest BCUT2D eigenvalue weighted by molar-refractivity contribution is 0.438. The van der Waals surface area contributed by atoms with Gasteiger partial charge in [-0.25, -0.2) is 4.79 Å². The van der Waals surface area contributed by atoms with Crippen LogP contribution in [0.1, 0.15) is 52.1 Å². The first-order valence-corrected chi connectivity index (χ1v) is 7.93. The fraction of sp³-hybridized carbons (Fsp3) is 0.588. The van der Waals surface area contributed by atoms with Gasteiger partial charge in [-0.2, -0.15) is 0 Å². The van der Waals surface area contributed by atoms with Crippen molar-refractivity contribution >= 4 is 11.1 Å². The lowest BCUT2D eigenvalue weighted by Crippen LogP contribution is -2.22. The van der Waals surface area contributed by atoms with Crippen LogP contribution in [0.3, 0.4) is 0 Å². The van der Waals surface area contributed by atoms with Crippen molar-refractivity contribution in [1.82, 2.24) is 9.88 Å². The Kier molecular flexibility index (Phi) is 5.23. The number of nitrogens with one attached hydrogen (secondary N) is 1. The van der Waals surface area contributed by atoms with Crippen molar-refractivity contribution < 1.29 is 4.42 Å². The second-order valence-electron chi connectivity index (χ2n) is 5.99. The number of oxazole rings is 1. The average Bonchev–Trinajstić information content (AvgIpc) is 2.74. The lowest BCUT2D eigenvalue weighted by Gasteiger charge is -2.20. The van der Waals surface area contributed by atoms with Crippen LogP contribution in [0.5, 0.6) is 0 Å². The van der Waals surface area contributed by atoms with Crippen LogP contribution < -0.4 is 11.1 Å². The molecule has 116 valence electrons. The molecule has 0 bridgehead atoms. The van der Waals surface area contributed by atoms with Gasteiger partial charge in [-0.15, -0.1) is 0 Å². The van der Waals surface area contributed by atoms with E-state index in [1.54, 1.807) is 4.57 Å². The van der Waals surface area contributed by atoms with E-state index >= 15 is 0 Å². The maximum Gasteiger partial charge on any atom is 0.419 e. The van der Waals surface area contributed by atoms with E-state index in [1.807, 2.05) is 12.1 Å². The number of fused-ring (bicyclic) bond motifs is 1. The van der Waals surface area contributed by atoms with E-state index in [-0.39, 0.29) is 5.76 Å². The zero-order valence-corrected chi connectivity index (χ0v) is 13.5. The Hall–Kier alpha value is -1.55. The van der Waals surface area contributed by atoms with E-state index in [9.17, 15) is 4.79 Å². The SMILES string of the molecule is CCCn1c(=O)oc2cc(C(CC(C)C)NCC)ccc21. The first-order chi connectivity index (χ1) is 10.1. The van der Waals surface area contributed by atoms with Gasteiger partial charge >= 0.3 is 5.76 Å². The summed E-state index contributed by atoms with van der Waals surface area (Å²) in [5.41, 5.74) is 2.78. The number of hydrogen-bond donors (Lipinski definition) is 1. The monoisotopic (exact) mass is 290 g/mol. The minimum atomic E-state index is -0.257.